The summed E-state index contributed by atoms with van der Waals surface area (Å²) in [6.07, 6.45) is 5.64. The van der Waals surface area contributed by atoms with E-state index >= 15 is 0 Å². The van der Waals surface area contributed by atoms with Crippen LogP contribution < -0.4 is 4.90 Å². The average molecular weight is 258 g/mol. The number of likely N-dealkylation sites (N-methyl/N-ethyl adjacent to an activating group) is 1. The Kier molecular flexibility index (Phi) is 4.02. The Morgan fingerprint density at radius 2 is 2.00 bits per heavy atom. The number of hydrogen-bond acceptors (Lipinski definition) is 5. The van der Waals surface area contributed by atoms with Crippen LogP contribution in [-0.2, 0) is 6.42 Å². The molecular weight excluding hydrogens is 244 g/mol. The molecule has 19 heavy (non-hydrogen) atoms. The Morgan fingerprint density at radius 3 is 2.68 bits per heavy atom. The number of anilines is 1. The van der Waals surface area contributed by atoms with Crippen LogP contribution in [0.3, 0.4) is 0 Å². The first kappa shape index (κ1) is 12.9. The zero-order valence-corrected chi connectivity index (χ0v) is 10.5. The minimum atomic E-state index is -0.999. The van der Waals surface area contributed by atoms with Crippen molar-refractivity contribution in [3.05, 3.63) is 47.9 Å². The Hall–Kier alpha value is -2.50. The normalized spacial score (nSPS) is 10.2. The molecule has 6 heteroatoms. The predicted octanol–water partition coefficient (Wildman–Crippen LogP) is 1.25. The Labute approximate surface area is 110 Å². The van der Waals surface area contributed by atoms with E-state index < -0.39 is 5.97 Å². The molecule has 2 aromatic heterocycles. The van der Waals surface area contributed by atoms with Crippen LogP contribution in [0.2, 0.25) is 0 Å². The van der Waals surface area contributed by atoms with Gasteiger partial charge < -0.3 is 10.0 Å². The lowest BCUT2D eigenvalue weighted by Gasteiger charge is -2.18. The first-order valence-electron chi connectivity index (χ1n) is 5.83. The van der Waals surface area contributed by atoms with E-state index in [1.54, 1.807) is 24.3 Å². The first-order chi connectivity index (χ1) is 9.18. The van der Waals surface area contributed by atoms with E-state index in [0.29, 0.717) is 12.4 Å². The predicted molar refractivity (Wildman–Crippen MR) is 70.2 cm³/mol. The molecule has 0 aromatic carbocycles. The number of rotatable bonds is 5. The van der Waals surface area contributed by atoms with Crippen molar-refractivity contribution in [1.82, 2.24) is 15.2 Å². The monoisotopic (exact) mass is 258 g/mol. The van der Waals surface area contributed by atoms with Gasteiger partial charge in [0, 0.05) is 26.0 Å². The number of nitrogens with zero attached hydrogens (tertiary/aromatic N) is 4. The van der Waals surface area contributed by atoms with Gasteiger partial charge in [-0.1, -0.05) is 0 Å². The molecular formula is C13H14N4O2. The number of carbonyl (C=O) groups is 1. The molecule has 2 heterocycles. The second-order valence-electron chi connectivity index (χ2n) is 4.10. The molecule has 0 saturated carbocycles. The summed E-state index contributed by atoms with van der Waals surface area (Å²) >= 11 is 0. The standard InChI is InChI=1S/C13H14N4O2/c1-17(9-5-10-2-6-14-7-3-10)12-11(13(18)19)4-8-15-16-12/h2-4,6-8H,5,9H2,1H3,(H,18,19). The van der Waals surface area contributed by atoms with Crippen molar-refractivity contribution in [3.63, 3.8) is 0 Å². The summed E-state index contributed by atoms with van der Waals surface area (Å²) < 4.78 is 0. The van der Waals surface area contributed by atoms with Gasteiger partial charge in [-0.3, -0.25) is 4.98 Å². The summed E-state index contributed by atoms with van der Waals surface area (Å²) in [6, 6.07) is 5.32. The molecule has 6 nitrogen and oxygen atoms in total. The molecule has 0 bridgehead atoms. The highest BCUT2D eigenvalue weighted by Gasteiger charge is 2.14. The molecule has 1 N–H and O–H groups in total. The lowest BCUT2D eigenvalue weighted by molar-refractivity contribution is 0.0697. The molecule has 0 aliphatic carbocycles. The topological polar surface area (TPSA) is 79.2 Å². The molecule has 2 aromatic rings. The molecule has 0 fully saturated rings. The lowest BCUT2D eigenvalue weighted by atomic mass is 10.2. The third-order valence-corrected chi connectivity index (χ3v) is 2.78. The number of aromatic nitrogens is 3. The lowest BCUT2D eigenvalue weighted by Crippen LogP contribution is -2.24. The highest BCUT2D eigenvalue weighted by molar-refractivity contribution is 5.93. The van der Waals surface area contributed by atoms with Crippen LogP contribution in [0.15, 0.2) is 36.8 Å². The van der Waals surface area contributed by atoms with Crippen molar-refractivity contribution in [2.45, 2.75) is 6.42 Å². The fraction of sp³-hybridized carbons (Fsp3) is 0.231. The SMILES string of the molecule is CN(CCc1ccncc1)c1nnccc1C(=O)O. The number of carboxylic acid groups (broad SMARTS) is 1. The molecule has 0 atom stereocenters. The van der Waals surface area contributed by atoms with Gasteiger partial charge in [0.2, 0.25) is 0 Å². The number of aromatic carboxylic acids is 1. The summed E-state index contributed by atoms with van der Waals surface area (Å²) in [5.41, 5.74) is 1.30. The van der Waals surface area contributed by atoms with E-state index in [4.69, 9.17) is 5.11 Å². The largest absolute Gasteiger partial charge is 0.478 e. The number of hydrogen-bond donors (Lipinski definition) is 1. The van der Waals surface area contributed by atoms with Crippen molar-refractivity contribution in [1.29, 1.82) is 0 Å². The Morgan fingerprint density at radius 1 is 1.26 bits per heavy atom. The smallest absolute Gasteiger partial charge is 0.339 e. The molecule has 0 aliphatic rings. The molecule has 0 amide bonds. The molecule has 0 spiro atoms. The first-order valence-corrected chi connectivity index (χ1v) is 5.83. The molecule has 2 rings (SSSR count). The van der Waals surface area contributed by atoms with Gasteiger partial charge >= 0.3 is 5.97 Å². The number of carboxylic acids is 1. The fourth-order valence-electron chi connectivity index (χ4n) is 1.73. The zero-order valence-electron chi connectivity index (χ0n) is 10.5. The van der Waals surface area contributed by atoms with Gasteiger partial charge in [-0.2, -0.15) is 5.10 Å². The molecule has 0 radical (unpaired) electrons. The van der Waals surface area contributed by atoms with Gasteiger partial charge in [0.1, 0.15) is 5.56 Å². The maximum absolute atomic E-state index is 11.1. The van der Waals surface area contributed by atoms with Crippen LogP contribution in [0.5, 0.6) is 0 Å². The fourth-order valence-corrected chi connectivity index (χ4v) is 1.73. The van der Waals surface area contributed by atoms with Gasteiger partial charge in [0.05, 0.1) is 6.20 Å². The molecule has 0 unspecified atom stereocenters. The van der Waals surface area contributed by atoms with Crippen LogP contribution in [0, 0.1) is 0 Å². The molecule has 98 valence electrons. The molecule has 0 saturated heterocycles. The highest BCUT2D eigenvalue weighted by atomic mass is 16.4. The highest BCUT2D eigenvalue weighted by Crippen LogP contribution is 2.15. The average Bonchev–Trinajstić information content (AvgIpc) is 2.46. The van der Waals surface area contributed by atoms with E-state index in [0.717, 1.165) is 12.0 Å². The van der Waals surface area contributed by atoms with Crippen LogP contribution in [0.4, 0.5) is 5.82 Å². The van der Waals surface area contributed by atoms with Crippen molar-refractivity contribution in [3.8, 4) is 0 Å². The maximum atomic E-state index is 11.1. The quantitative estimate of drug-likeness (QED) is 0.869. The van der Waals surface area contributed by atoms with E-state index in [2.05, 4.69) is 15.2 Å². The van der Waals surface area contributed by atoms with Crippen molar-refractivity contribution in [2.24, 2.45) is 0 Å². The summed E-state index contributed by atoms with van der Waals surface area (Å²) in [5, 5.41) is 16.7. The van der Waals surface area contributed by atoms with Crippen LogP contribution in [0.25, 0.3) is 0 Å². The van der Waals surface area contributed by atoms with Crippen molar-refractivity contribution < 1.29 is 9.90 Å². The van der Waals surface area contributed by atoms with E-state index in [1.165, 1.54) is 12.3 Å². The summed E-state index contributed by atoms with van der Waals surface area (Å²) in [5.74, 6) is -0.621. The van der Waals surface area contributed by atoms with Crippen LogP contribution in [0.1, 0.15) is 15.9 Å². The van der Waals surface area contributed by atoms with Gasteiger partial charge in [0.25, 0.3) is 0 Å². The van der Waals surface area contributed by atoms with Gasteiger partial charge in [0.15, 0.2) is 5.82 Å². The maximum Gasteiger partial charge on any atom is 0.339 e. The summed E-state index contributed by atoms with van der Waals surface area (Å²) in [6.45, 7) is 0.656. The van der Waals surface area contributed by atoms with E-state index in [9.17, 15) is 4.79 Å². The molecule has 0 aliphatic heterocycles. The summed E-state index contributed by atoms with van der Waals surface area (Å²) in [4.78, 5) is 16.8. The minimum Gasteiger partial charge on any atom is -0.478 e. The van der Waals surface area contributed by atoms with Gasteiger partial charge in [-0.25, -0.2) is 4.79 Å². The van der Waals surface area contributed by atoms with Gasteiger partial charge in [-0.15, -0.1) is 5.10 Å². The van der Waals surface area contributed by atoms with Crippen molar-refractivity contribution in [2.75, 3.05) is 18.5 Å². The van der Waals surface area contributed by atoms with Crippen LogP contribution in [-0.4, -0.2) is 39.8 Å². The van der Waals surface area contributed by atoms with Crippen molar-refractivity contribution >= 4 is 11.8 Å². The van der Waals surface area contributed by atoms with Gasteiger partial charge in [-0.05, 0) is 30.2 Å². The zero-order chi connectivity index (χ0) is 13.7. The second kappa shape index (κ2) is 5.90. The third kappa shape index (κ3) is 3.25. The minimum absolute atomic E-state index is 0.159. The number of pyridine rings is 1. The second-order valence-corrected chi connectivity index (χ2v) is 4.10. The van der Waals surface area contributed by atoms with E-state index in [1.807, 2.05) is 12.1 Å². The van der Waals surface area contributed by atoms with E-state index in [-0.39, 0.29) is 5.56 Å². The third-order valence-electron chi connectivity index (χ3n) is 2.78. The Balaban J connectivity index is 2.08. The van der Waals surface area contributed by atoms with Crippen LogP contribution >= 0.6 is 0 Å². The summed E-state index contributed by atoms with van der Waals surface area (Å²) in [7, 11) is 1.80. The Bertz CT molecular complexity index is 560.